The van der Waals surface area contributed by atoms with Crippen molar-refractivity contribution < 1.29 is 0 Å². The first-order valence-corrected chi connectivity index (χ1v) is 3.31. The average Bonchev–Trinajstić information content (AvgIpc) is 1.61. The van der Waals surface area contributed by atoms with Gasteiger partial charge in [-0.05, 0) is 6.42 Å². The first-order chi connectivity index (χ1) is 2.91. The van der Waals surface area contributed by atoms with Crippen molar-refractivity contribution in [3.63, 3.8) is 0 Å². The van der Waals surface area contributed by atoms with E-state index in [1.807, 2.05) is 0 Å². The molecular weight excluding hydrogens is 88.1 g/mol. The van der Waals surface area contributed by atoms with Crippen LogP contribution in [0, 0.1) is 11.5 Å². The third kappa shape index (κ3) is 3.78. The highest BCUT2D eigenvalue weighted by Crippen LogP contribution is 1.78. The zero-order valence-electron chi connectivity index (χ0n) is 4.41. The van der Waals surface area contributed by atoms with Gasteiger partial charge in [-0.1, -0.05) is 6.92 Å². The first-order valence-electron chi connectivity index (χ1n) is 2.31. The van der Waals surface area contributed by atoms with E-state index < -0.39 is 0 Å². The second-order valence-corrected chi connectivity index (χ2v) is 1.68. The van der Waals surface area contributed by atoms with Crippen LogP contribution in [0.2, 0.25) is 0 Å². The van der Waals surface area contributed by atoms with Crippen LogP contribution in [0.15, 0.2) is 0 Å². The third-order valence-electron chi connectivity index (χ3n) is 0.552. The molecule has 0 saturated heterocycles. The van der Waals surface area contributed by atoms with Crippen LogP contribution in [-0.2, 0) is 0 Å². The fourth-order valence-corrected chi connectivity index (χ4v) is 0.500. The summed E-state index contributed by atoms with van der Waals surface area (Å²) in [4.78, 5) is 0. The van der Waals surface area contributed by atoms with Gasteiger partial charge < -0.3 is 0 Å². The summed E-state index contributed by atoms with van der Waals surface area (Å²) in [6.07, 6.45) is 2.29. The molecule has 0 aromatic carbocycles. The van der Waals surface area contributed by atoms with E-state index in [0.29, 0.717) is 0 Å². The van der Waals surface area contributed by atoms with Crippen LogP contribution in [0.3, 0.4) is 0 Å². The maximum absolute atomic E-state index is 3.01. The average molecular weight is 98.2 g/mol. The lowest BCUT2D eigenvalue weighted by molar-refractivity contribution is 0.984. The molecule has 0 aliphatic rings. The van der Waals surface area contributed by atoms with Crippen LogP contribution < -0.4 is 0 Å². The summed E-state index contributed by atoms with van der Waals surface area (Å²) in [5.74, 6) is 3.01. The lowest BCUT2D eigenvalue weighted by atomic mass is 10.4. The summed E-state index contributed by atoms with van der Waals surface area (Å²) in [7, 11) is 1.04. The zero-order valence-corrected chi connectivity index (χ0v) is 6.41. The van der Waals surface area contributed by atoms with E-state index in [-0.39, 0.29) is 0 Å². The van der Waals surface area contributed by atoms with E-state index >= 15 is 0 Å². The Morgan fingerprint density at radius 1 is 1.67 bits per heavy atom. The quantitative estimate of drug-likeness (QED) is 0.322. The van der Waals surface area contributed by atoms with Crippen LogP contribution in [0.1, 0.15) is 19.8 Å². The topological polar surface area (TPSA) is 0 Å². The normalized spacial score (nSPS) is 6.83. The zero-order chi connectivity index (χ0) is 4.83. The standard InChI is InChI=1S/C5H10Si/c1-2-3-4-5-6/h2-3H2,1,6H3. The Morgan fingerprint density at radius 2 is 2.33 bits per heavy atom. The van der Waals surface area contributed by atoms with E-state index in [4.69, 9.17) is 0 Å². The van der Waals surface area contributed by atoms with Gasteiger partial charge in [-0.3, -0.25) is 0 Å². The molecule has 0 nitrogen and oxygen atoms in total. The Balaban J connectivity index is 2.79. The maximum atomic E-state index is 3.01. The molecule has 0 spiro atoms. The Labute approximate surface area is 42.4 Å². The highest BCUT2D eigenvalue weighted by atomic mass is 28.1. The summed E-state index contributed by atoms with van der Waals surface area (Å²) >= 11 is 0. The summed E-state index contributed by atoms with van der Waals surface area (Å²) in [5, 5.41) is 0. The molecule has 0 aromatic rings. The number of hydrogen-bond donors (Lipinski definition) is 0. The van der Waals surface area contributed by atoms with Crippen LogP contribution in [0.5, 0.6) is 0 Å². The van der Waals surface area contributed by atoms with Gasteiger partial charge in [0.1, 0.15) is 0 Å². The van der Waals surface area contributed by atoms with E-state index in [1.165, 1.54) is 6.42 Å². The molecule has 34 valence electrons. The van der Waals surface area contributed by atoms with Gasteiger partial charge in [0, 0.05) is 6.42 Å². The number of rotatable bonds is 1. The van der Waals surface area contributed by atoms with Gasteiger partial charge in [0.2, 0.25) is 0 Å². The van der Waals surface area contributed by atoms with Crippen LogP contribution in [0.4, 0.5) is 0 Å². The van der Waals surface area contributed by atoms with Gasteiger partial charge in [0.05, 0.1) is 10.2 Å². The van der Waals surface area contributed by atoms with Crippen molar-refractivity contribution in [2.45, 2.75) is 19.8 Å². The van der Waals surface area contributed by atoms with Gasteiger partial charge in [-0.25, -0.2) is 0 Å². The summed E-state index contributed by atoms with van der Waals surface area (Å²) < 4.78 is 0. The molecule has 1 heteroatoms. The monoisotopic (exact) mass is 98.1 g/mol. The van der Waals surface area contributed by atoms with Gasteiger partial charge in [0.25, 0.3) is 0 Å². The van der Waals surface area contributed by atoms with Gasteiger partial charge in [-0.15, -0.1) is 11.5 Å². The minimum Gasteiger partial charge on any atom is -0.144 e. The van der Waals surface area contributed by atoms with Crippen molar-refractivity contribution in [1.29, 1.82) is 0 Å². The molecular formula is C5H10Si. The number of unbranched alkanes of at least 4 members (excludes halogenated alkanes) is 1. The molecule has 0 aliphatic heterocycles. The number of hydrogen-bond acceptors (Lipinski definition) is 0. The fourth-order valence-electron chi connectivity index (χ4n) is 0.250. The second-order valence-electron chi connectivity index (χ2n) is 1.18. The van der Waals surface area contributed by atoms with Crippen LogP contribution >= 0.6 is 0 Å². The van der Waals surface area contributed by atoms with Crippen LogP contribution in [0.25, 0.3) is 0 Å². The highest BCUT2D eigenvalue weighted by Gasteiger charge is 1.63. The fraction of sp³-hybridized carbons (Fsp3) is 0.600. The first kappa shape index (κ1) is 5.78. The molecule has 0 atom stereocenters. The lowest BCUT2D eigenvalue weighted by Gasteiger charge is -1.71. The highest BCUT2D eigenvalue weighted by molar-refractivity contribution is 6.22. The Kier molecular flexibility index (Phi) is 4.60. The predicted molar refractivity (Wildman–Crippen MR) is 32.6 cm³/mol. The van der Waals surface area contributed by atoms with Crippen molar-refractivity contribution in [3.8, 4) is 11.5 Å². The van der Waals surface area contributed by atoms with Crippen molar-refractivity contribution in [3.05, 3.63) is 0 Å². The van der Waals surface area contributed by atoms with Gasteiger partial charge >= 0.3 is 0 Å². The van der Waals surface area contributed by atoms with Gasteiger partial charge in [-0.2, -0.15) is 0 Å². The molecule has 0 bridgehead atoms. The van der Waals surface area contributed by atoms with E-state index in [2.05, 4.69) is 18.4 Å². The molecule has 0 saturated carbocycles. The second kappa shape index (κ2) is 4.78. The van der Waals surface area contributed by atoms with Crippen molar-refractivity contribution in [1.82, 2.24) is 0 Å². The third-order valence-corrected chi connectivity index (χ3v) is 0.905. The minimum absolute atomic E-state index is 1.04. The molecule has 0 N–H and O–H groups in total. The SMILES string of the molecule is CCCC#C[SiH3]. The van der Waals surface area contributed by atoms with E-state index in [9.17, 15) is 0 Å². The van der Waals surface area contributed by atoms with Gasteiger partial charge in [0.15, 0.2) is 0 Å². The molecule has 0 aromatic heterocycles. The van der Waals surface area contributed by atoms with E-state index in [0.717, 1.165) is 16.7 Å². The predicted octanol–water partition coefficient (Wildman–Crippen LogP) is 0.113. The Hall–Kier alpha value is -0.223. The molecule has 0 unspecified atom stereocenters. The smallest absolute Gasteiger partial charge is 0.0906 e. The van der Waals surface area contributed by atoms with Crippen LogP contribution in [-0.4, -0.2) is 10.2 Å². The lowest BCUT2D eigenvalue weighted by Crippen LogP contribution is -1.59. The molecule has 0 fully saturated rings. The molecule has 0 aliphatic carbocycles. The summed E-state index contributed by atoms with van der Waals surface area (Å²) in [5.41, 5.74) is 2.96. The molecule has 0 amide bonds. The van der Waals surface area contributed by atoms with E-state index in [1.54, 1.807) is 0 Å². The summed E-state index contributed by atoms with van der Waals surface area (Å²) in [6, 6.07) is 0. The summed E-state index contributed by atoms with van der Waals surface area (Å²) in [6.45, 7) is 2.14. The maximum Gasteiger partial charge on any atom is 0.0906 e. The van der Waals surface area contributed by atoms with Crippen molar-refractivity contribution in [2.24, 2.45) is 0 Å². The molecule has 0 heterocycles. The van der Waals surface area contributed by atoms with Crippen molar-refractivity contribution >= 4 is 10.2 Å². The Bertz CT molecular complexity index is 65.7. The Morgan fingerprint density at radius 3 is 2.50 bits per heavy atom. The van der Waals surface area contributed by atoms with Crippen molar-refractivity contribution in [2.75, 3.05) is 0 Å². The molecule has 0 radical (unpaired) electrons. The minimum atomic E-state index is 1.04. The largest absolute Gasteiger partial charge is 0.144 e. The molecule has 0 rings (SSSR count). The molecule has 6 heavy (non-hydrogen) atoms.